The summed E-state index contributed by atoms with van der Waals surface area (Å²) in [5.74, 6) is 0.797. The second kappa shape index (κ2) is 8.61. The highest BCUT2D eigenvalue weighted by atomic mass is 16.5. The first kappa shape index (κ1) is 13.5. The third-order valence-electron chi connectivity index (χ3n) is 1.98. The van der Waals surface area contributed by atoms with Crippen molar-refractivity contribution in [2.75, 3.05) is 38.8 Å². The minimum atomic E-state index is 0.519. The molecule has 1 aromatic carbocycles. The molecule has 1 rings (SSSR count). The fourth-order valence-corrected chi connectivity index (χ4v) is 1.17. The fraction of sp³-hybridized carbons (Fsp3) is 0.385. The van der Waals surface area contributed by atoms with E-state index >= 15 is 0 Å². The Balaban J connectivity index is 1.97. The normalized spacial score (nSPS) is 10.1. The molecule has 0 bridgehead atoms. The molecule has 0 radical (unpaired) electrons. The molecule has 17 heavy (non-hydrogen) atoms. The van der Waals surface area contributed by atoms with E-state index in [-0.39, 0.29) is 0 Å². The molecule has 0 saturated heterocycles. The standard InChI is InChI=1S/C13H19NO3/c1-2-7-15-8-9-16-10-11-17-13-5-3-12(14)4-6-13/h2-6H,1,7-11,14H2. The molecule has 0 aliphatic carbocycles. The van der Waals surface area contributed by atoms with E-state index in [1.165, 1.54) is 0 Å². The van der Waals surface area contributed by atoms with Gasteiger partial charge < -0.3 is 19.9 Å². The van der Waals surface area contributed by atoms with Crippen molar-refractivity contribution in [2.24, 2.45) is 0 Å². The van der Waals surface area contributed by atoms with Crippen molar-refractivity contribution in [3.63, 3.8) is 0 Å². The monoisotopic (exact) mass is 237 g/mol. The summed E-state index contributed by atoms with van der Waals surface area (Å²) < 4.78 is 15.9. The molecule has 0 heterocycles. The summed E-state index contributed by atoms with van der Waals surface area (Å²) in [5, 5.41) is 0. The summed E-state index contributed by atoms with van der Waals surface area (Å²) in [6.45, 7) is 6.32. The lowest BCUT2D eigenvalue weighted by molar-refractivity contribution is 0.0449. The molecule has 0 saturated carbocycles. The molecule has 4 heteroatoms. The van der Waals surface area contributed by atoms with Gasteiger partial charge in [0.25, 0.3) is 0 Å². The summed E-state index contributed by atoms with van der Waals surface area (Å²) in [5.41, 5.74) is 6.29. The third kappa shape index (κ3) is 6.60. The number of anilines is 1. The van der Waals surface area contributed by atoms with Crippen LogP contribution >= 0.6 is 0 Å². The Morgan fingerprint density at radius 1 is 1.00 bits per heavy atom. The van der Waals surface area contributed by atoms with Crippen LogP contribution in [0.4, 0.5) is 5.69 Å². The maximum atomic E-state index is 5.56. The lowest BCUT2D eigenvalue weighted by Crippen LogP contribution is -2.10. The number of ether oxygens (including phenoxy) is 3. The highest BCUT2D eigenvalue weighted by Gasteiger charge is 1.93. The molecule has 0 fully saturated rings. The van der Waals surface area contributed by atoms with Crippen LogP contribution in [0.15, 0.2) is 36.9 Å². The average molecular weight is 237 g/mol. The van der Waals surface area contributed by atoms with Crippen LogP contribution in [0.2, 0.25) is 0 Å². The van der Waals surface area contributed by atoms with Crippen LogP contribution in [-0.2, 0) is 9.47 Å². The highest BCUT2D eigenvalue weighted by molar-refractivity contribution is 5.41. The molecule has 0 unspecified atom stereocenters. The van der Waals surface area contributed by atoms with Gasteiger partial charge in [-0.3, -0.25) is 0 Å². The molecule has 0 aliphatic rings. The fourth-order valence-electron chi connectivity index (χ4n) is 1.17. The van der Waals surface area contributed by atoms with Gasteiger partial charge in [-0.15, -0.1) is 6.58 Å². The number of rotatable bonds is 9. The minimum absolute atomic E-state index is 0.519. The molecule has 94 valence electrons. The summed E-state index contributed by atoms with van der Waals surface area (Å²) in [6.07, 6.45) is 1.71. The lowest BCUT2D eigenvalue weighted by atomic mass is 10.3. The summed E-state index contributed by atoms with van der Waals surface area (Å²) in [4.78, 5) is 0. The Kier molecular flexibility index (Phi) is 6.86. The van der Waals surface area contributed by atoms with Crippen molar-refractivity contribution in [2.45, 2.75) is 0 Å². The van der Waals surface area contributed by atoms with Crippen molar-refractivity contribution < 1.29 is 14.2 Å². The van der Waals surface area contributed by atoms with E-state index in [0.29, 0.717) is 33.0 Å². The molecular formula is C13H19NO3. The SMILES string of the molecule is C=CCOCCOCCOc1ccc(N)cc1. The number of nitrogens with two attached hydrogens (primary N) is 1. The van der Waals surface area contributed by atoms with E-state index in [1.54, 1.807) is 18.2 Å². The first-order valence-electron chi connectivity index (χ1n) is 5.57. The van der Waals surface area contributed by atoms with Gasteiger partial charge in [-0.1, -0.05) is 6.08 Å². The quantitative estimate of drug-likeness (QED) is 0.404. The van der Waals surface area contributed by atoms with E-state index in [4.69, 9.17) is 19.9 Å². The van der Waals surface area contributed by atoms with Crippen molar-refractivity contribution >= 4 is 5.69 Å². The van der Waals surface area contributed by atoms with Crippen molar-refractivity contribution in [1.82, 2.24) is 0 Å². The molecule has 0 atom stereocenters. The number of nitrogen functional groups attached to an aromatic ring is 1. The Morgan fingerprint density at radius 2 is 1.65 bits per heavy atom. The second-order valence-electron chi connectivity index (χ2n) is 3.39. The number of benzene rings is 1. The van der Waals surface area contributed by atoms with Crippen LogP contribution < -0.4 is 10.5 Å². The van der Waals surface area contributed by atoms with Crippen molar-refractivity contribution in [3.8, 4) is 5.75 Å². The largest absolute Gasteiger partial charge is 0.491 e. The van der Waals surface area contributed by atoms with Gasteiger partial charge in [0.1, 0.15) is 12.4 Å². The predicted molar refractivity (Wildman–Crippen MR) is 68.2 cm³/mol. The van der Waals surface area contributed by atoms with Gasteiger partial charge in [-0.2, -0.15) is 0 Å². The van der Waals surface area contributed by atoms with E-state index in [2.05, 4.69) is 6.58 Å². The average Bonchev–Trinajstić information content (AvgIpc) is 2.35. The maximum Gasteiger partial charge on any atom is 0.119 e. The Hall–Kier alpha value is -1.52. The van der Waals surface area contributed by atoms with Gasteiger partial charge in [0.2, 0.25) is 0 Å². The Bertz CT molecular complexity index is 311. The smallest absolute Gasteiger partial charge is 0.119 e. The molecule has 1 aromatic rings. The Morgan fingerprint density at radius 3 is 2.35 bits per heavy atom. The molecule has 2 N–H and O–H groups in total. The van der Waals surface area contributed by atoms with Crippen LogP contribution in [0, 0.1) is 0 Å². The van der Waals surface area contributed by atoms with E-state index in [0.717, 1.165) is 11.4 Å². The van der Waals surface area contributed by atoms with Gasteiger partial charge >= 0.3 is 0 Å². The van der Waals surface area contributed by atoms with Crippen LogP contribution in [0.3, 0.4) is 0 Å². The first-order valence-corrected chi connectivity index (χ1v) is 5.57. The van der Waals surface area contributed by atoms with Crippen LogP contribution in [0.1, 0.15) is 0 Å². The van der Waals surface area contributed by atoms with Crippen LogP contribution in [0.5, 0.6) is 5.75 Å². The molecule has 0 spiro atoms. The summed E-state index contributed by atoms with van der Waals surface area (Å²) in [6, 6.07) is 7.28. The molecule has 4 nitrogen and oxygen atoms in total. The van der Waals surface area contributed by atoms with Crippen molar-refractivity contribution in [3.05, 3.63) is 36.9 Å². The van der Waals surface area contributed by atoms with Gasteiger partial charge in [0.05, 0.1) is 26.4 Å². The molecule has 0 amide bonds. The van der Waals surface area contributed by atoms with E-state index in [1.807, 2.05) is 12.1 Å². The van der Waals surface area contributed by atoms with Gasteiger partial charge in [-0.25, -0.2) is 0 Å². The van der Waals surface area contributed by atoms with Crippen LogP contribution in [0.25, 0.3) is 0 Å². The zero-order valence-electron chi connectivity index (χ0n) is 9.93. The molecule has 0 aromatic heterocycles. The van der Waals surface area contributed by atoms with E-state index in [9.17, 15) is 0 Å². The summed E-state index contributed by atoms with van der Waals surface area (Å²) >= 11 is 0. The maximum absolute atomic E-state index is 5.56. The molecular weight excluding hydrogens is 218 g/mol. The molecule has 0 aliphatic heterocycles. The predicted octanol–water partition coefficient (Wildman–Crippen LogP) is 1.87. The number of hydrogen-bond donors (Lipinski definition) is 1. The highest BCUT2D eigenvalue weighted by Crippen LogP contribution is 2.12. The van der Waals surface area contributed by atoms with Gasteiger partial charge in [0, 0.05) is 5.69 Å². The lowest BCUT2D eigenvalue weighted by Gasteiger charge is -2.07. The van der Waals surface area contributed by atoms with Crippen molar-refractivity contribution in [1.29, 1.82) is 0 Å². The number of hydrogen-bond acceptors (Lipinski definition) is 4. The summed E-state index contributed by atoms with van der Waals surface area (Å²) in [7, 11) is 0. The third-order valence-corrected chi connectivity index (χ3v) is 1.98. The van der Waals surface area contributed by atoms with Gasteiger partial charge in [-0.05, 0) is 24.3 Å². The van der Waals surface area contributed by atoms with Gasteiger partial charge in [0.15, 0.2) is 0 Å². The van der Waals surface area contributed by atoms with Crippen LogP contribution in [-0.4, -0.2) is 33.0 Å². The minimum Gasteiger partial charge on any atom is -0.491 e. The van der Waals surface area contributed by atoms with E-state index < -0.39 is 0 Å². The zero-order chi connectivity index (χ0) is 12.3. The Labute approximate surface area is 102 Å². The second-order valence-corrected chi connectivity index (χ2v) is 3.39. The topological polar surface area (TPSA) is 53.7 Å². The first-order chi connectivity index (χ1) is 8.33. The zero-order valence-corrected chi connectivity index (χ0v) is 9.93.